The molecule has 9 heteroatoms. The van der Waals surface area contributed by atoms with E-state index >= 15 is 0 Å². The molecule has 0 aliphatic carbocycles. The number of fused-ring (bicyclic) bond motifs is 1. The van der Waals surface area contributed by atoms with Gasteiger partial charge in [-0.3, -0.25) is 19.2 Å². The number of hydrogen-bond acceptors (Lipinski definition) is 7. The Morgan fingerprint density at radius 2 is 1.74 bits per heavy atom. The lowest BCUT2D eigenvalue weighted by Gasteiger charge is -2.14. The molecule has 1 atom stereocenters. The Labute approximate surface area is 157 Å². The highest BCUT2D eigenvalue weighted by Gasteiger charge is 2.36. The van der Waals surface area contributed by atoms with Crippen LogP contribution in [0.3, 0.4) is 0 Å². The van der Waals surface area contributed by atoms with Crippen LogP contribution in [0, 0.1) is 0 Å². The maximum Gasteiger partial charge on any atom is 0.285 e. The van der Waals surface area contributed by atoms with Gasteiger partial charge >= 0.3 is 0 Å². The molecule has 1 heterocycles. The summed E-state index contributed by atoms with van der Waals surface area (Å²) in [4.78, 5) is 41.1. The molecule has 1 aromatic rings. The SMILES string of the molecule is NCCCC[C@H](N)C(=O)NCCOCCON1C(=O)c2ccccc2C1=O. The van der Waals surface area contributed by atoms with Crippen molar-refractivity contribution in [1.82, 2.24) is 10.4 Å². The molecule has 0 spiro atoms. The van der Waals surface area contributed by atoms with Gasteiger partial charge in [-0.05, 0) is 31.5 Å². The minimum atomic E-state index is -0.547. The number of nitrogens with two attached hydrogens (primary N) is 2. The molecule has 3 amide bonds. The summed E-state index contributed by atoms with van der Waals surface area (Å²) in [5.74, 6) is -1.18. The number of amides is 3. The summed E-state index contributed by atoms with van der Waals surface area (Å²) in [6, 6.07) is 6.00. The van der Waals surface area contributed by atoms with Gasteiger partial charge in [0.2, 0.25) is 5.91 Å². The fraction of sp³-hybridized carbons (Fsp3) is 0.500. The zero-order valence-electron chi connectivity index (χ0n) is 15.2. The number of rotatable bonds is 12. The molecular formula is C18H26N4O5. The molecule has 0 aromatic heterocycles. The summed E-state index contributed by atoms with van der Waals surface area (Å²) in [5, 5.41) is 3.43. The molecule has 1 aliphatic heterocycles. The summed E-state index contributed by atoms with van der Waals surface area (Å²) < 4.78 is 5.32. The second-order valence-electron chi connectivity index (χ2n) is 6.08. The number of benzene rings is 1. The molecule has 5 N–H and O–H groups in total. The van der Waals surface area contributed by atoms with Crippen LogP contribution in [0.25, 0.3) is 0 Å². The van der Waals surface area contributed by atoms with Gasteiger partial charge in [0.15, 0.2) is 0 Å². The Kier molecular flexibility index (Phi) is 8.34. The van der Waals surface area contributed by atoms with E-state index < -0.39 is 17.9 Å². The molecule has 2 rings (SSSR count). The summed E-state index contributed by atoms with van der Waals surface area (Å²) >= 11 is 0. The first kappa shape index (κ1) is 21.0. The third kappa shape index (κ3) is 5.83. The van der Waals surface area contributed by atoms with E-state index in [4.69, 9.17) is 21.0 Å². The van der Waals surface area contributed by atoms with Gasteiger partial charge in [-0.1, -0.05) is 18.6 Å². The highest BCUT2D eigenvalue weighted by Crippen LogP contribution is 2.22. The normalized spacial score (nSPS) is 14.4. The third-order valence-corrected chi connectivity index (χ3v) is 4.06. The van der Waals surface area contributed by atoms with Gasteiger partial charge < -0.3 is 21.5 Å². The summed E-state index contributed by atoms with van der Waals surface area (Å²) in [5.41, 5.74) is 11.8. The minimum absolute atomic E-state index is 0.0397. The van der Waals surface area contributed by atoms with Crippen LogP contribution in [0.2, 0.25) is 0 Å². The largest absolute Gasteiger partial charge is 0.377 e. The van der Waals surface area contributed by atoms with Crippen molar-refractivity contribution < 1.29 is 24.0 Å². The van der Waals surface area contributed by atoms with Crippen LogP contribution in [-0.4, -0.2) is 61.7 Å². The second kappa shape index (κ2) is 10.7. The second-order valence-corrected chi connectivity index (χ2v) is 6.08. The minimum Gasteiger partial charge on any atom is -0.377 e. The average Bonchev–Trinajstić information content (AvgIpc) is 2.92. The molecule has 0 fully saturated rings. The lowest BCUT2D eigenvalue weighted by atomic mass is 10.1. The van der Waals surface area contributed by atoms with Gasteiger partial charge in [0, 0.05) is 6.54 Å². The van der Waals surface area contributed by atoms with Gasteiger partial charge in [-0.2, -0.15) is 0 Å². The Hall–Kier alpha value is -2.33. The van der Waals surface area contributed by atoms with Gasteiger partial charge in [-0.25, -0.2) is 0 Å². The van der Waals surface area contributed by atoms with E-state index in [1.807, 2.05) is 0 Å². The summed E-state index contributed by atoms with van der Waals surface area (Å²) in [6.07, 6.45) is 2.26. The molecule has 1 aliphatic rings. The quantitative estimate of drug-likeness (QED) is 0.338. The molecule has 27 heavy (non-hydrogen) atoms. The Morgan fingerprint density at radius 3 is 2.37 bits per heavy atom. The highest BCUT2D eigenvalue weighted by molar-refractivity contribution is 6.20. The van der Waals surface area contributed by atoms with Crippen molar-refractivity contribution in [1.29, 1.82) is 0 Å². The predicted molar refractivity (Wildman–Crippen MR) is 97.6 cm³/mol. The van der Waals surface area contributed by atoms with Crippen molar-refractivity contribution in [2.75, 3.05) is 32.9 Å². The maximum absolute atomic E-state index is 12.1. The van der Waals surface area contributed by atoms with Crippen molar-refractivity contribution in [2.45, 2.75) is 25.3 Å². The molecule has 0 bridgehead atoms. The first-order valence-electron chi connectivity index (χ1n) is 8.98. The van der Waals surface area contributed by atoms with Crippen molar-refractivity contribution in [3.63, 3.8) is 0 Å². The van der Waals surface area contributed by atoms with Crippen LogP contribution in [0.5, 0.6) is 0 Å². The van der Waals surface area contributed by atoms with Crippen LogP contribution in [-0.2, 0) is 14.4 Å². The van der Waals surface area contributed by atoms with Crippen molar-refractivity contribution in [2.24, 2.45) is 11.5 Å². The number of carbonyl (C=O) groups excluding carboxylic acids is 3. The number of nitrogens with one attached hydrogen (secondary N) is 1. The zero-order chi connectivity index (χ0) is 19.6. The molecule has 0 saturated carbocycles. The number of ether oxygens (including phenoxy) is 1. The van der Waals surface area contributed by atoms with E-state index in [9.17, 15) is 14.4 Å². The summed E-state index contributed by atoms with van der Waals surface area (Å²) in [6.45, 7) is 1.39. The Balaban J connectivity index is 1.56. The van der Waals surface area contributed by atoms with Gasteiger partial charge in [-0.15, -0.1) is 5.06 Å². The van der Waals surface area contributed by atoms with Crippen LogP contribution < -0.4 is 16.8 Å². The lowest BCUT2D eigenvalue weighted by molar-refractivity contribution is -0.123. The van der Waals surface area contributed by atoms with Crippen LogP contribution in [0.15, 0.2) is 24.3 Å². The monoisotopic (exact) mass is 378 g/mol. The van der Waals surface area contributed by atoms with Gasteiger partial charge in [0.25, 0.3) is 11.8 Å². The molecule has 1 aromatic carbocycles. The number of hydrogen-bond donors (Lipinski definition) is 3. The molecule has 148 valence electrons. The van der Waals surface area contributed by atoms with E-state index in [1.54, 1.807) is 24.3 Å². The fourth-order valence-corrected chi connectivity index (χ4v) is 2.59. The van der Waals surface area contributed by atoms with Crippen molar-refractivity contribution >= 4 is 17.7 Å². The Bertz CT molecular complexity index is 632. The molecular weight excluding hydrogens is 352 g/mol. The standard InChI is InChI=1S/C18H26N4O5/c19-8-4-3-7-15(20)16(23)21-9-10-26-11-12-27-22-17(24)13-5-1-2-6-14(13)18(22)25/h1-2,5-6,15H,3-4,7-12,19-20H2,(H,21,23)/t15-/m0/s1. The first-order valence-corrected chi connectivity index (χ1v) is 8.98. The fourth-order valence-electron chi connectivity index (χ4n) is 2.59. The van der Waals surface area contributed by atoms with Crippen LogP contribution in [0.4, 0.5) is 0 Å². The number of hydroxylamine groups is 2. The molecule has 0 saturated heterocycles. The highest BCUT2D eigenvalue weighted by atomic mass is 16.7. The van der Waals surface area contributed by atoms with Crippen LogP contribution >= 0.6 is 0 Å². The van der Waals surface area contributed by atoms with Crippen LogP contribution in [0.1, 0.15) is 40.0 Å². The van der Waals surface area contributed by atoms with Gasteiger partial charge in [0.05, 0.1) is 37.0 Å². The lowest BCUT2D eigenvalue weighted by Crippen LogP contribution is -2.41. The average molecular weight is 378 g/mol. The smallest absolute Gasteiger partial charge is 0.285 e. The third-order valence-electron chi connectivity index (χ3n) is 4.06. The number of unbranched alkanes of at least 4 members (excludes halogenated alkanes) is 1. The molecule has 0 radical (unpaired) electrons. The predicted octanol–water partition coefficient (Wildman–Crippen LogP) is -0.197. The van der Waals surface area contributed by atoms with E-state index in [1.165, 1.54) is 0 Å². The molecule has 0 unspecified atom stereocenters. The maximum atomic E-state index is 12.1. The van der Waals surface area contributed by atoms with Gasteiger partial charge in [0.1, 0.15) is 0 Å². The zero-order valence-corrected chi connectivity index (χ0v) is 15.2. The van der Waals surface area contributed by atoms with Crippen molar-refractivity contribution in [3.8, 4) is 0 Å². The van der Waals surface area contributed by atoms with E-state index in [0.717, 1.165) is 17.9 Å². The molecule has 9 nitrogen and oxygen atoms in total. The van der Waals surface area contributed by atoms with E-state index in [0.29, 0.717) is 30.6 Å². The van der Waals surface area contributed by atoms with E-state index in [2.05, 4.69) is 5.32 Å². The topological polar surface area (TPSA) is 137 Å². The van der Waals surface area contributed by atoms with E-state index in [-0.39, 0.29) is 25.7 Å². The number of carbonyl (C=O) groups is 3. The summed E-state index contributed by atoms with van der Waals surface area (Å²) in [7, 11) is 0. The number of imide groups is 1. The first-order chi connectivity index (χ1) is 13.1. The van der Waals surface area contributed by atoms with Crippen molar-refractivity contribution in [3.05, 3.63) is 35.4 Å². The Morgan fingerprint density at radius 1 is 1.07 bits per heavy atom. The number of nitrogens with zero attached hydrogens (tertiary/aromatic N) is 1.